The Balaban J connectivity index is 2.44. The predicted molar refractivity (Wildman–Crippen MR) is 60.1 cm³/mol. The van der Waals surface area contributed by atoms with Gasteiger partial charge in [-0.2, -0.15) is 0 Å². The van der Waals surface area contributed by atoms with Gasteiger partial charge >= 0.3 is 5.97 Å². The Morgan fingerprint density at radius 3 is 3.00 bits per heavy atom. The van der Waals surface area contributed by atoms with E-state index in [4.69, 9.17) is 10.5 Å². The quantitative estimate of drug-likeness (QED) is 0.729. The van der Waals surface area contributed by atoms with Crippen molar-refractivity contribution in [3.8, 4) is 0 Å². The molecule has 5 heteroatoms. The second-order valence-corrected chi connectivity index (χ2v) is 4.86. The number of anilines is 1. The van der Waals surface area contributed by atoms with Crippen LogP contribution in [0, 0.1) is 0 Å². The summed E-state index contributed by atoms with van der Waals surface area (Å²) in [6, 6.07) is 0. The van der Waals surface area contributed by atoms with Gasteiger partial charge in [-0.25, -0.2) is 4.79 Å². The molecule has 0 radical (unpaired) electrons. The van der Waals surface area contributed by atoms with E-state index in [2.05, 4.69) is 11.9 Å². The molecule has 0 amide bonds. The van der Waals surface area contributed by atoms with Gasteiger partial charge < -0.3 is 15.4 Å². The predicted octanol–water partition coefficient (Wildman–Crippen LogP) is 1.10. The molecule has 0 atom stereocenters. The third-order valence-corrected chi connectivity index (χ3v) is 3.71. The van der Waals surface area contributed by atoms with Crippen molar-refractivity contribution in [1.29, 1.82) is 0 Å². The zero-order valence-electron chi connectivity index (χ0n) is 8.87. The molecule has 0 bridgehead atoms. The van der Waals surface area contributed by atoms with Crippen LogP contribution in [0.4, 0.5) is 5.00 Å². The fourth-order valence-corrected chi connectivity index (χ4v) is 3.06. The molecule has 1 aliphatic heterocycles. The summed E-state index contributed by atoms with van der Waals surface area (Å²) in [6.45, 7) is 1.84. The Morgan fingerprint density at radius 1 is 1.60 bits per heavy atom. The molecule has 0 saturated heterocycles. The van der Waals surface area contributed by atoms with Gasteiger partial charge in [0.05, 0.1) is 12.7 Å². The lowest BCUT2D eigenvalue weighted by atomic mass is 10.0. The van der Waals surface area contributed by atoms with Crippen LogP contribution in [0.5, 0.6) is 0 Å². The van der Waals surface area contributed by atoms with Crippen molar-refractivity contribution in [3.63, 3.8) is 0 Å². The summed E-state index contributed by atoms with van der Waals surface area (Å²) >= 11 is 1.50. The number of methoxy groups -OCH3 is 1. The second-order valence-electron chi connectivity index (χ2n) is 3.72. The Kier molecular flexibility index (Phi) is 2.67. The van der Waals surface area contributed by atoms with Crippen molar-refractivity contribution in [3.05, 3.63) is 16.0 Å². The maximum Gasteiger partial charge on any atom is 0.341 e. The van der Waals surface area contributed by atoms with Crippen LogP contribution in [0.25, 0.3) is 0 Å². The number of nitrogens with zero attached hydrogens (tertiary/aromatic N) is 1. The largest absolute Gasteiger partial charge is 0.465 e. The number of rotatable bonds is 1. The normalized spacial score (nSPS) is 16.1. The molecule has 0 aromatic carbocycles. The summed E-state index contributed by atoms with van der Waals surface area (Å²) in [5.74, 6) is -0.311. The fourth-order valence-electron chi connectivity index (χ4n) is 1.88. The average molecular weight is 226 g/mol. The summed E-state index contributed by atoms with van der Waals surface area (Å²) in [5.41, 5.74) is 7.52. The van der Waals surface area contributed by atoms with Crippen LogP contribution in [-0.4, -0.2) is 31.6 Å². The lowest BCUT2D eigenvalue weighted by molar-refractivity contribution is 0.0600. The van der Waals surface area contributed by atoms with E-state index in [-0.39, 0.29) is 5.97 Å². The molecule has 0 unspecified atom stereocenters. The number of carbonyl (C=O) groups is 1. The molecule has 2 rings (SSSR count). The molecule has 2 N–H and O–H groups in total. The minimum absolute atomic E-state index is 0.311. The van der Waals surface area contributed by atoms with E-state index in [1.165, 1.54) is 23.3 Å². The standard InChI is InChI=1S/C10H14N2O2S/c1-12-4-3-6-7(5-12)15-9(11)8(6)10(13)14-2/h3-5,11H2,1-2H3. The number of hydrogen-bond acceptors (Lipinski definition) is 5. The van der Waals surface area contributed by atoms with Crippen LogP contribution in [-0.2, 0) is 17.7 Å². The van der Waals surface area contributed by atoms with E-state index in [1.807, 2.05) is 0 Å². The highest BCUT2D eigenvalue weighted by Gasteiger charge is 2.25. The van der Waals surface area contributed by atoms with Crippen LogP contribution in [0.1, 0.15) is 20.8 Å². The van der Waals surface area contributed by atoms with Crippen LogP contribution >= 0.6 is 11.3 Å². The van der Waals surface area contributed by atoms with E-state index in [1.54, 1.807) is 0 Å². The molecule has 1 aromatic heterocycles. The van der Waals surface area contributed by atoms with Crippen LogP contribution in [0.15, 0.2) is 0 Å². The summed E-state index contributed by atoms with van der Waals surface area (Å²) in [7, 11) is 3.46. The highest BCUT2D eigenvalue weighted by Crippen LogP contribution is 2.34. The molecular formula is C10H14N2O2S. The van der Waals surface area contributed by atoms with Crippen molar-refractivity contribution in [2.24, 2.45) is 0 Å². The molecule has 0 aliphatic carbocycles. The number of ether oxygens (including phenoxy) is 1. The van der Waals surface area contributed by atoms with Gasteiger partial charge in [0.2, 0.25) is 0 Å². The zero-order chi connectivity index (χ0) is 11.0. The number of hydrogen-bond donors (Lipinski definition) is 1. The number of nitrogen functional groups attached to an aromatic ring is 1. The first-order valence-electron chi connectivity index (χ1n) is 4.80. The molecule has 1 aliphatic rings. The highest BCUT2D eigenvalue weighted by molar-refractivity contribution is 7.16. The number of carbonyl (C=O) groups excluding carboxylic acids is 1. The monoisotopic (exact) mass is 226 g/mol. The second kappa shape index (κ2) is 3.83. The minimum Gasteiger partial charge on any atom is -0.465 e. The summed E-state index contributed by atoms with van der Waals surface area (Å²) in [6.07, 6.45) is 0.879. The molecule has 0 fully saturated rings. The van der Waals surface area contributed by atoms with E-state index in [0.29, 0.717) is 10.6 Å². The molecule has 82 valence electrons. The van der Waals surface area contributed by atoms with Crippen molar-refractivity contribution in [1.82, 2.24) is 4.90 Å². The van der Waals surface area contributed by atoms with Gasteiger partial charge in [-0.05, 0) is 19.0 Å². The van der Waals surface area contributed by atoms with E-state index in [0.717, 1.165) is 25.1 Å². The smallest absolute Gasteiger partial charge is 0.341 e. The number of fused-ring (bicyclic) bond motifs is 1. The Bertz CT molecular complexity index is 400. The van der Waals surface area contributed by atoms with Crippen molar-refractivity contribution < 1.29 is 9.53 Å². The lowest BCUT2D eigenvalue weighted by Gasteiger charge is -2.22. The first-order chi connectivity index (χ1) is 7.13. The first-order valence-corrected chi connectivity index (χ1v) is 5.62. The Labute approximate surface area is 92.6 Å². The third kappa shape index (κ3) is 1.72. The summed E-state index contributed by atoms with van der Waals surface area (Å²) < 4.78 is 4.74. The van der Waals surface area contributed by atoms with E-state index in [9.17, 15) is 4.79 Å². The van der Waals surface area contributed by atoms with Crippen molar-refractivity contribution in [2.75, 3.05) is 26.4 Å². The summed E-state index contributed by atoms with van der Waals surface area (Å²) in [4.78, 5) is 15.0. The van der Waals surface area contributed by atoms with Gasteiger partial charge in [-0.3, -0.25) is 0 Å². The van der Waals surface area contributed by atoms with Crippen LogP contribution in [0.3, 0.4) is 0 Å². The molecule has 0 spiro atoms. The maximum absolute atomic E-state index is 11.5. The molecule has 15 heavy (non-hydrogen) atoms. The SMILES string of the molecule is COC(=O)c1c(N)sc2c1CCN(C)C2. The topological polar surface area (TPSA) is 55.6 Å². The van der Waals surface area contributed by atoms with Gasteiger partial charge in [0.25, 0.3) is 0 Å². The Hall–Kier alpha value is -1.07. The molecule has 2 heterocycles. The van der Waals surface area contributed by atoms with Gasteiger partial charge in [-0.1, -0.05) is 0 Å². The van der Waals surface area contributed by atoms with Crippen LogP contribution in [0.2, 0.25) is 0 Å². The fraction of sp³-hybridized carbons (Fsp3) is 0.500. The van der Waals surface area contributed by atoms with E-state index < -0.39 is 0 Å². The zero-order valence-corrected chi connectivity index (χ0v) is 9.69. The number of nitrogens with two attached hydrogens (primary N) is 1. The average Bonchev–Trinajstić information content (AvgIpc) is 2.52. The maximum atomic E-state index is 11.5. The Morgan fingerprint density at radius 2 is 2.33 bits per heavy atom. The van der Waals surface area contributed by atoms with Gasteiger partial charge in [0, 0.05) is 18.0 Å². The van der Waals surface area contributed by atoms with Gasteiger partial charge in [-0.15, -0.1) is 11.3 Å². The van der Waals surface area contributed by atoms with E-state index >= 15 is 0 Å². The van der Waals surface area contributed by atoms with Gasteiger partial charge in [0.1, 0.15) is 5.00 Å². The third-order valence-electron chi connectivity index (χ3n) is 2.66. The summed E-state index contributed by atoms with van der Waals surface area (Å²) in [5, 5.41) is 0.585. The molecule has 1 aromatic rings. The number of esters is 1. The minimum atomic E-state index is -0.311. The molecule has 4 nitrogen and oxygen atoms in total. The van der Waals surface area contributed by atoms with Crippen LogP contribution < -0.4 is 5.73 Å². The highest BCUT2D eigenvalue weighted by atomic mass is 32.1. The number of likely N-dealkylation sites (N-methyl/N-ethyl adjacent to an activating group) is 1. The lowest BCUT2D eigenvalue weighted by Crippen LogP contribution is -2.26. The number of thiophene rings is 1. The molecule has 0 saturated carbocycles. The first kappa shape index (κ1) is 10.4. The van der Waals surface area contributed by atoms with Gasteiger partial charge in [0.15, 0.2) is 0 Å². The van der Waals surface area contributed by atoms with Crippen molar-refractivity contribution >= 4 is 22.3 Å². The van der Waals surface area contributed by atoms with Crippen molar-refractivity contribution in [2.45, 2.75) is 13.0 Å². The molecular weight excluding hydrogens is 212 g/mol.